The van der Waals surface area contributed by atoms with E-state index >= 15 is 0 Å². The van der Waals surface area contributed by atoms with Crippen LogP contribution in [0.4, 0.5) is 0 Å². The van der Waals surface area contributed by atoms with Gasteiger partial charge in [0.2, 0.25) is 5.91 Å². The molecule has 23 heavy (non-hydrogen) atoms. The van der Waals surface area contributed by atoms with Crippen LogP contribution in [0.15, 0.2) is 42.7 Å². The van der Waals surface area contributed by atoms with E-state index in [9.17, 15) is 4.79 Å². The highest BCUT2D eigenvalue weighted by Gasteiger charge is 2.29. The highest BCUT2D eigenvalue weighted by molar-refractivity contribution is 5.82. The van der Waals surface area contributed by atoms with Gasteiger partial charge in [-0.1, -0.05) is 12.1 Å². The Hall–Kier alpha value is -2.18. The Morgan fingerprint density at radius 2 is 2.22 bits per heavy atom. The number of benzene rings is 1. The predicted octanol–water partition coefficient (Wildman–Crippen LogP) is 1.43. The molecule has 1 aromatic carbocycles. The van der Waals surface area contributed by atoms with E-state index in [0.717, 1.165) is 11.3 Å². The normalized spacial score (nSPS) is 22.5. The fourth-order valence-corrected chi connectivity index (χ4v) is 2.75. The topological polar surface area (TPSA) is 68.2 Å². The molecular weight excluding hydrogens is 292 g/mol. The van der Waals surface area contributed by atoms with Crippen LogP contribution < -0.4 is 10.6 Å². The molecule has 2 heterocycles. The second-order valence-corrected chi connectivity index (χ2v) is 5.78. The van der Waals surface area contributed by atoms with Crippen LogP contribution in [0, 0.1) is 0 Å². The van der Waals surface area contributed by atoms with Gasteiger partial charge in [0.1, 0.15) is 6.04 Å². The molecule has 6 heteroatoms. The molecule has 2 N–H and O–H groups in total. The number of hydrogen-bond acceptors (Lipinski definition) is 4. The smallest absolute Gasteiger partial charge is 0.240 e. The molecule has 0 radical (unpaired) electrons. The lowest BCUT2D eigenvalue weighted by Crippen LogP contribution is -2.55. The van der Waals surface area contributed by atoms with E-state index in [2.05, 4.69) is 15.7 Å². The van der Waals surface area contributed by atoms with Crippen molar-refractivity contribution < 1.29 is 9.53 Å². The van der Waals surface area contributed by atoms with E-state index in [1.165, 1.54) is 0 Å². The van der Waals surface area contributed by atoms with Crippen molar-refractivity contribution in [1.82, 2.24) is 20.4 Å². The van der Waals surface area contributed by atoms with Crippen LogP contribution in [0.2, 0.25) is 0 Å². The molecule has 3 atom stereocenters. The lowest BCUT2D eigenvalue weighted by molar-refractivity contribution is -0.129. The number of nitrogens with one attached hydrogen (secondary N) is 2. The van der Waals surface area contributed by atoms with Crippen LogP contribution in [0.3, 0.4) is 0 Å². The second-order valence-electron chi connectivity index (χ2n) is 5.78. The fourth-order valence-electron chi connectivity index (χ4n) is 2.75. The summed E-state index contributed by atoms with van der Waals surface area (Å²) < 4.78 is 7.33. The Kier molecular flexibility index (Phi) is 4.73. The number of ether oxygens (including phenoxy) is 1. The maximum Gasteiger partial charge on any atom is 0.240 e. The number of aromatic nitrogens is 2. The van der Waals surface area contributed by atoms with Crippen molar-refractivity contribution in [3.8, 4) is 5.69 Å². The first-order valence-corrected chi connectivity index (χ1v) is 7.90. The SMILES string of the molecule is CC(NC(=O)[C@H]1NCCO[C@@H]1C)c1ccc(-n2cccn2)cc1. The first-order chi connectivity index (χ1) is 11.1. The minimum atomic E-state index is -0.297. The molecule has 1 fully saturated rings. The van der Waals surface area contributed by atoms with Gasteiger partial charge in [-0.2, -0.15) is 5.10 Å². The molecule has 1 unspecified atom stereocenters. The van der Waals surface area contributed by atoms with Crippen LogP contribution in [-0.2, 0) is 9.53 Å². The summed E-state index contributed by atoms with van der Waals surface area (Å²) in [4.78, 5) is 12.4. The summed E-state index contributed by atoms with van der Waals surface area (Å²) in [6.45, 7) is 5.25. The third-order valence-electron chi connectivity index (χ3n) is 4.12. The zero-order valence-electron chi connectivity index (χ0n) is 13.4. The third-order valence-corrected chi connectivity index (χ3v) is 4.12. The van der Waals surface area contributed by atoms with Crippen molar-refractivity contribution in [1.29, 1.82) is 0 Å². The van der Waals surface area contributed by atoms with Crippen LogP contribution in [0.1, 0.15) is 25.5 Å². The maximum absolute atomic E-state index is 12.4. The first-order valence-electron chi connectivity index (χ1n) is 7.90. The van der Waals surface area contributed by atoms with Gasteiger partial charge in [-0.25, -0.2) is 4.68 Å². The summed E-state index contributed by atoms with van der Waals surface area (Å²) >= 11 is 0. The van der Waals surface area contributed by atoms with Gasteiger partial charge in [-0.05, 0) is 37.6 Å². The number of hydrogen-bond donors (Lipinski definition) is 2. The zero-order chi connectivity index (χ0) is 16.2. The van der Waals surface area contributed by atoms with Crippen molar-refractivity contribution in [2.75, 3.05) is 13.2 Å². The second kappa shape index (κ2) is 6.93. The molecular formula is C17H22N4O2. The standard InChI is InChI=1S/C17H22N4O2/c1-12(20-17(22)16-13(2)23-11-9-18-16)14-4-6-15(7-5-14)21-10-3-8-19-21/h3-8,10,12-13,16,18H,9,11H2,1-2H3,(H,20,22)/t12?,13-,16+/m1/s1. The molecule has 1 amide bonds. The van der Waals surface area contributed by atoms with E-state index in [1.807, 2.05) is 50.4 Å². The molecule has 6 nitrogen and oxygen atoms in total. The van der Waals surface area contributed by atoms with E-state index in [1.54, 1.807) is 10.9 Å². The van der Waals surface area contributed by atoms with Gasteiger partial charge in [0.25, 0.3) is 0 Å². The van der Waals surface area contributed by atoms with Gasteiger partial charge < -0.3 is 15.4 Å². The molecule has 122 valence electrons. The Morgan fingerprint density at radius 3 is 2.87 bits per heavy atom. The molecule has 2 aromatic rings. The van der Waals surface area contributed by atoms with E-state index < -0.39 is 0 Å². The molecule has 0 aliphatic carbocycles. The van der Waals surface area contributed by atoms with Crippen molar-refractivity contribution in [3.63, 3.8) is 0 Å². The number of carbonyl (C=O) groups excluding carboxylic acids is 1. The summed E-state index contributed by atoms with van der Waals surface area (Å²) in [6, 6.07) is 9.54. The van der Waals surface area contributed by atoms with Crippen molar-refractivity contribution >= 4 is 5.91 Å². The summed E-state index contributed by atoms with van der Waals surface area (Å²) in [6.07, 6.45) is 3.53. The minimum absolute atomic E-state index is 0.0270. The van der Waals surface area contributed by atoms with Crippen LogP contribution in [-0.4, -0.2) is 41.0 Å². The average molecular weight is 314 g/mol. The Morgan fingerprint density at radius 1 is 1.43 bits per heavy atom. The molecule has 0 saturated carbocycles. The molecule has 0 spiro atoms. The quantitative estimate of drug-likeness (QED) is 0.896. The third kappa shape index (κ3) is 3.60. The number of rotatable bonds is 4. The largest absolute Gasteiger partial charge is 0.375 e. The highest BCUT2D eigenvalue weighted by atomic mass is 16.5. The summed E-state index contributed by atoms with van der Waals surface area (Å²) in [5, 5.41) is 10.5. The molecule has 3 rings (SSSR count). The van der Waals surface area contributed by atoms with Crippen molar-refractivity contribution in [3.05, 3.63) is 48.3 Å². The van der Waals surface area contributed by atoms with Crippen molar-refractivity contribution in [2.24, 2.45) is 0 Å². The summed E-state index contributed by atoms with van der Waals surface area (Å²) in [7, 11) is 0. The Bertz CT molecular complexity index is 639. The van der Waals surface area contributed by atoms with Gasteiger partial charge in [0, 0.05) is 18.9 Å². The lowest BCUT2D eigenvalue weighted by Gasteiger charge is -2.30. The van der Waals surface area contributed by atoms with E-state index in [4.69, 9.17) is 4.74 Å². The predicted molar refractivity (Wildman–Crippen MR) is 87.3 cm³/mol. The van der Waals surface area contributed by atoms with Crippen LogP contribution in [0.5, 0.6) is 0 Å². The van der Waals surface area contributed by atoms with Gasteiger partial charge >= 0.3 is 0 Å². The van der Waals surface area contributed by atoms with E-state index in [0.29, 0.717) is 13.2 Å². The van der Waals surface area contributed by atoms with Gasteiger partial charge in [0.05, 0.1) is 24.4 Å². The molecule has 1 aliphatic rings. The first kappa shape index (κ1) is 15.7. The number of morpholine rings is 1. The maximum atomic E-state index is 12.4. The van der Waals surface area contributed by atoms with Gasteiger partial charge in [-0.15, -0.1) is 0 Å². The molecule has 1 saturated heterocycles. The van der Waals surface area contributed by atoms with Crippen molar-refractivity contribution in [2.45, 2.75) is 32.0 Å². The monoisotopic (exact) mass is 314 g/mol. The van der Waals surface area contributed by atoms with Gasteiger partial charge in [-0.3, -0.25) is 4.79 Å². The zero-order valence-corrected chi connectivity index (χ0v) is 13.4. The number of nitrogens with zero attached hydrogens (tertiary/aromatic N) is 2. The molecule has 0 bridgehead atoms. The molecule has 1 aromatic heterocycles. The number of amides is 1. The van der Waals surface area contributed by atoms with Gasteiger partial charge in [0.15, 0.2) is 0 Å². The minimum Gasteiger partial charge on any atom is -0.375 e. The van der Waals surface area contributed by atoms with Crippen LogP contribution in [0.25, 0.3) is 5.69 Å². The number of carbonyl (C=O) groups is 1. The van der Waals surface area contributed by atoms with Crippen LogP contribution >= 0.6 is 0 Å². The summed E-state index contributed by atoms with van der Waals surface area (Å²) in [5.74, 6) is -0.0270. The Labute approximate surface area is 135 Å². The Balaban J connectivity index is 1.63. The highest BCUT2D eigenvalue weighted by Crippen LogP contribution is 2.16. The average Bonchev–Trinajstić information content (AvgIpc) is 3.09. The summed E-state index contributed by atoms with van der Waals surface area (Å²) in [5.41, 5.74) is 2.05. The van der Waals surface area contributed by atoms with E-state index in [-0.39, 0.29) is 24.1 Å². The fraction of sp³-hybridized carbons (Fsp3) is 0.412. The lowest BCUT2D eigenvalue weighted by atomic mass is 10.1. The molecule has 1 aliphatic heterocycles.